The van der Waals surface area contributed by atoms with Gasteiger partial charge in [-0.3, -0.25) is 9.36 Å². The Labute approximate surface area is 161 Å². The summed E-state index contributed by atoms with van der Waals surface area (Å²) in [4.78, 5) is 43.8. The monoisotopic (exact) mass is 406 g/mol. The highest BCUT2D eigenvalue weighted by molar-refractivity contribution is 7.12. The van der Waals surface area contributed by atoms with Gasteiger partial charge in [-0.2, -0.15) is 14.9 Å². The molecule has 12 heteroatoms. The Morgan fingerprint density at radius 1 is 1.43 bits per heavy atom. The van der Waals surface area contributed by atoms with Gasteiger partial charge in [-0.25, -0.2) is 14.8 Å². The van der Waals surface area contributed by atoms with Gasteiger partial charge >= 0.3 is 5.97 Å². The molecule has 10 nitrogen and oxygen atoms in total. The minimum absolute atomic E-state index is 0.0614. The van der Waals surface area contributed by atoms with Gasteiger partial charge in [-0.15, -0.1) is 0 Å². The first kappa shape index (κ1) is 18.4. The van der Waals surface area contributed by atoms with E-state index in [0.29, 0.717) is 24.7 Å². The topological polar surface area (TPSA) is 122 Å². The van der Waals surface area contributed by atoms with Crippen LogP contribution >= 0.6 is 11.3 Å². The molecule has 0 spiro atoms. The van der Waals surface area contributed by atoms with Gasteiger partial charge in [0.05, 0.1) is 30.4 Å². The van der Waals surface area contributed by atoms with Crippen molar-refractivity contribution in [3.8, 4) is 5.13 Å². The number of rotatable bonds is 5. The molecule has 1 aliphatic rings. The Bertz CT molecular complexity index is 1140. The number of hydroxylamine groups is 1. The minimum Gasteiger partial charge on any atom is -0.477 e. The van der Waals surface area contributed by atoms with Crippen molar-refractivity contribution >= 4 is 34.3 Å². The average molecular weight is 406 g/mol. The van der Waals surface area contributed by atoms with E-state index in [-0.39, 0.29) is 22.2 Å². The zero-order valence-electron chi connectivity index (χ0n) is 14.8. The summed E-state index contributed by atoms with van der Waals surface area (Å²) in [6.07, 6.45) is 2.14. The largest absolute Gasteiger partial charge is 0.477 e. The molecule has 3 aromatic heterocycles. The van der Waals surface area contributed by atoms with Crippen molar-refractivity contribution in [2.75, 3.05) is 25.1 Å². The van der Waals surface area contributed by atoms with E-state index in [1.807, 2.05) is 4.90 Å². The summed E-state index contributed by atoms with van der Waals surface area (Å²) < 4.78 is 14.8. The Morgan fingerprint density at radius 2 is 2.18 bits per heavy atom. The number of aromatic carboxylic acids is 1. The molecule has 0 aromatic carbocycles. The third kappa shape index (κ3) is 3.00. The van der Waals surface area contributed by atoms with E-state index in [1.54, 1.807) is 6.92 Å². The lowest BCUT2D eigenvalue weighted by Gasteiger charge is -2.39. The van der Waals surface area contributed by atoms with Crippen molar-refractivity contribution in [1.82, 2.24) is 25.0 Å². The highest BCUT2D eigenvalue weighted by Gasteiger charge is 2.30. The van der Waals surface area contributed by atoms with Crippen molar-refractivity contribution in [2.45, 2.75) is 13.0 Å². The Morgan fingerprint density at radius 3 is 2.79 bits per heavy atom. The molecule has 4 rings (SSSR count). The first-order valence-electron chi connectivity index (χ1n) is 8.21. The minimum atomic E-state index is -1.39. The summed E-state index contributed by atoms with van der Waals surface area (Å²) in [5, 5.41) is 9.07. The van der Waals surface area contributed by atoms with Crippen LogP contribution in [0.15, 0.2) is 17.2 Å². The quantitative estimate of drug-likeness (QED) is 0.590. The van der Waals surface area contributed by atoms with Crippen molar-refractivity contribution in [1.29, 1.82) is 0 Å². The number of halogens is 1. The number of hydrogen-bond acceptors (Lipinski definition) is 9. The molecular formula is C16H15FN6O4S. The molecular weight excluding hydrogens is 391 g/mol. The predicted molar refractivity (Wildman–Crippen MR) is 98.6 cm³/mol. The van der Waals surface area contributed by atoms with Crippen molar-refractivity contribution in [2.24, 2.45) is 0 Å². The van der Waals surface area contributed by atoms with Crippen LogP contribution < -0.4 is 15.8 Å². The van der Waals surface area contributed by atoms with Crippen LogP contribution in [-0.4, -0.2) is 56.8 Å². The number of aryl methyl sites for hydroxylation is 1. The van der Waals surface area contributed by atoms with Crippen LogP contribution in [0.2, 0.25) is 0 Å². The van der Waals surface area contributed by atoms with Crippen molar-refractivity contribution in [3.63, 3.8) is 0 Å². The normalized spacial score (nSPS) is 14.5. The fraction of sp³-hybridized carbons (Fsp3) is 0.312. The summed E-state index contributed by atoms with van der Waals surface area (Å²) in [6, 6.07) is 0.120. The second-order valence-electron chi connectivity index (χ2n) is 6.23. The molecule has 0 amide bonds. The summed E-state index contributed by atoms with van der Waals surface area (Å²) in [7, 11) is 1.53. The number of aromatic nitrogens is 4. The van der Waals surface area contributed by atoms with E-state index in [1.165, 1.54) is 11.7 Å². The second-order valence-corrected chi connectivity index (χ2v) is 7.18. The molecule has 0 aliphatic carbocycles. The van der Waals surface area contributed by atoms with Crippen LogP contribution in [-0.2, 0) is 4.84 Å². The van der Waals surface area contributed by atoms with E-state index < -0.39 is 22.1 Å². The number of nitrogens with zero attached hydrogens (tertiary/aromatic N) is 5. The highest BCUT2D eigenvalue weighted by Crippen LogP contribution is 2.25. The van der Waals surface area contributed by atoms with E-state index in [0.717, 1.165) is 23.7 Å². The molecule has 0 unspecified atom stereocenters. The molecule has 28 heavy (non-hydrogen) atoms. The number of carboxylic acids is 1. The fourth-order valence-corrected chi connectivity index (χ4v) is 3.67. The first-order chi connectivity index (χ1) is 13.4. The summed E-state index contributed by atoms with van der Waals surface area (Å²) in [5.41, 5.74) is 2.19. The van der Waals surface area contributed by atoms with Gasteiger partial charge in [-0.1, -0.05) is 11.3 Å². The Balaban J connectivity index is 1.91. The van der Waals surface area contributed by atoms with Crippen LogP contribution in [0, 0.1) is 12.1 Å². The van der Waals surface area contributed by atoms with Gasteiger partial charge in [0.2, 0.25) is 11.4 Å². The SMILES string of the molecule is CONC1CN(c2nc(C)c3c(=O)c(C(=O)O)cn(-c4ncc(F)s4)c3n2)C1. The van der Waals surface area contributed by atoms with Crippen LogP contribution in [0.1, 0.15) is 16.1 Å². The van der Waals surface area contributed by atoms with Crippen LogP contribution in [0.3, 0.4) is 0 Å². The molecule has 0 radical (unpaired) electrons. The number of thiazole rings is 1. The molecule has 2 N–H and O–H groups in total. The number of pyridine rings is 1. The average Bonchev–Trinajstić information content (AvgIpc) is 3.03. The first-order valence-corrected chi connectivity index (χ1v) is 9.03. The molecule has 0 saturated carbocycles. The fourth-order valence-electron chi connectivity index (χ4n) is 3.05. The van der Waals surface area contributed by atoms with Gasteiger partial charge in [0, 0.05) is 19.3 Å². The van der Waals surface area contributed by atoms with Crippen LogP contribution in [0.25, 0.3) is 16.2 Å². The Hall–Kier alpha value is -2.96. The lowest BCUT2D eigenvalue weighted by molar-refractivity contribution is 0.0516. The predicted octanol–water partition coefficient (Wildman–Crippen LogP) is 0.723. The molecule has 1 aliphatic heterocycles. The molecule has 0 bridgehead atoms. The number of carboxylic acid groups (broad SMARTS) is 1. The molecule has 1 saturated heterocycles. The smallest absolute Gasteiger partial charge is 0.341 e. The number of anilines is 1. The zero-order chi connectivity index (χ0) is 20.0. The number of nitrogens with one attached hydrogen (secondary N) is 1. The maximum atomic E-state index is 13.5. The van der Waals surface area contributed by atoms with Gasteiger partial charge in [-0.05, 0) is 6.92 Å². The van der Waals surface area contributed by atoms with Gasteiger partial charge in [0.15, 0.2) is 15.9 Å². The maximum Gasteiger partial charge on any atom is 0.341 e. The highest BCUT2D eigenvalue weighted by atomic mass is 32.1. The molecule has 146 valence electrons. The summed E-state index contributed by atoms with van der Waals surface area (Å²) in [5.74, 6) is -1.01. The lowest BCUT2D eigenvalue weighted by Crippen LogP contribution is -2.58. The maximum absolute atomic E-state index is 13.5. The third-order valence-electron chi connectivity index (χ3n) is 4.37. The number of carbonyl (C=O) groups is 1. The van der Waals surface area contributed by atoms with Gasteiger partial charge < -0.3 is 14.8 Å². The zero-order valence-corrected chi connectivity index (χ0v) is 15.7. The number of fused-ring (bicyclic) bond motifs is 1. The van der Waals surface area contributed by atoms with Crippen LogP contribution in [0.4, 0.5) is 10.3 Å². The standard InChI is InChI=1S/C16H15FN6O4S/c1-7-11-12(24)9(14(25)26)6-23(16-18-3-10(17)28-16)13(11)20-15(19-7)22-4-8(5-22)21-27-2/h3,6,8,21H,4-5H2,1-2H3,(H,25,26). The molecule has 0 atom stereocenters. The van der Waals surface area contributed by atoms with Gasteiger partial charge in [0.1, 0.15) is 5.56 Å². The van der Waals surface area contributed by atoms with Crippen molar-refractivity contribution in [3.05, 3.63) is 39.0 Å². The third-order valence-corrected chi connectivity index (χ3v) is 5.15. The van der Waals surface area contributed by atoms with Gasteiger partial charge in [0.25, 0.3) is 0 Å². The van der Waals surface area contributed by atoms with Crippen LogP contribution in [0.5, 0.6) is 0 Å². The molecule has 4 heterocycles. The Kier molecular flexibility index (Phi) is 4.53. The molecule has 1 fully saturated rings. The number of hydrogen-bond donors (Lipinski definition) is 2. The van der Waals surface area contributed by atoms with E-state index in [2.05, 4.69) is 20.4 Å². The molecule has 3 aromatic rings. The van der Waals surface area contributed by atoms with Crippen molar-refractivity contribution < 1.29 is 19.1 Å². The second kappa shape index (κ2) is 6.89. The summed E-state index contributed by atoms with van der Waals surface area (Å²) in [6.45, 7) is 2.81. The van der Waals surface area contributed by atoms with E-state index in [9.17, 15) is 19.1 Å². The van der Waals surface area contributed by atoms with E-state index in [4.69, 9.17) is 4.84 Å². The van der Waals surface area contributed by atoms with E-state index >= 15 is 0 Å². The lowest BCUT2D eigenvalue weighted by atomic mass is 10.1. The summed E-state index contributed by atoms with van der Waals surface area (Å²) >= 11 is 0.718.